The van der Waals surface area contributed by atoms with E-state index in [0.717, 1.165) is 11.1 Å². The quantitative estimate of drug-likeness (QED) is 0.501. The predicted octanol–water partition coefficient (Wildman–Crippen LogP) is 4.09. The van der Waals surface area contributed by atoms with Crippen LogP contribution in [0.3, 0.4) is 0 Å². The van der Waals surface area contributed by atoms with E-state index in [1.807, 2.05) is 80.6 Å². The molecule has 176 valence electrons. The van der Waals surface area contributed by atoms with Crippen molar-refractivity contribution < 1.29 is 23.9 Å². The van der Waals surface area contributed by atoms with Crippen LogP contribution >= 0.6 is 0 Å². The molecule has 0 heterocycles. The average molecular weight is 453 g/mol. The molecular weight excluding hydrogens is 420 g/mol. The zero-order chi connectivity index (χ0) is 24.1. The van der Waals surface area contributed by atoms with Crippen molar-refractivity contribution in [1.82, 2.24) is 10.6 Å². The van der Waals surface area contributed by atoms with Gasteiger partial charge in [0.15, 0.2) is 0 Å². The van der Waals surface area contributed by atoms with Crippen LogP contribution in [0.5, 0.6) is 0 Å². The van der Waals surface area contributed by atoms with Crippen molar-refractivity contribution in [2.24, 2.45) is 5.92 Å². The first kappa shape index (κ1) is 25.6. The van der Waals surface area contributed by atoms with Crippen LogP contribution in [0, 0.1) is 5.92 Å². The van der Waals surface area contributed by atoms with Gasteiger partial charge in [-0.2, -0.15) is 0 Å². The van der Waals surface area contributed by atoms with Gasteiger partial charge in [0.1, 0.15) is 18.7 Å². The molecule has 7 nitrogen and oxygen atoms in total. The maximum atomic E-state index is 12.9. The predicted molar refractivity (Wildman–Crippen MR) is 127 cm³/mol. The molecule has 33 heavy (non-hydrogen) atoms. The number of hydrogen-bond acceptors (Lipinski definition) is 5. The number of hydrogen-bond donors (Lipinski definition) is 2. The minimum Gasteiger partial charge on any atom is -0.467 e. The molecule has 0 aliphatic rings. The van der Waals surface area contributed by atoms with E-state index in [2.05, 4.69) is 10.6 Å². The number of carbonyl (C=O) groups excluding carboxylic acids is 3. The van der Waals surface area contributed by atoms with E-state index in [1.165, 1.54) is 7.11 Å². The SMILES string of the molecule is COC(=O)[C@H](C/C=C/c1ccccc1)NC(=O)[C@H](CC(C)C)NC(=O)OCc1ccccc1. The highest BCUT2D eigenvalue weighted by molar-refractivity contribution is 5.89. The Morgan fingerprint density at radius 2 is 1.55 bits per heavy atom. The third-order valence-corrected chi connectivity index (χ3v) is 4.81. The summed E-state index contributed by atoms with van der Waals surface area (Å²) in [7, 11) is 1.27. The lowest BCUT2D eigenvalue weighted by atomic mass is 10.0. The summed E-state index contributed by atoms with van der Waals surface area (Å²) in [5.41, 5.74) is 1.82. The summed E-state index contributed by atoms with van der Waals surface area (Å²) in [6.45, 7) is 3.98. The first-order chi connectivity index (χ1) is 15.9. The monoisotopic (exact) mass is 452 g/mol. The van der Waals surface area contributed by atoms with Crippen LogP contribution in [0.2, 0.25) is 0 Å². The summed E-state index contributed by atoms with van der Waals surface area (Å²) in [6.07, 6.45) is 3.61. The van der Waals surface area contributed by atoms with Gasteiger partial charge in [0.2, 0.25) is 5.91 Å². The van der Waals surface area contributed by atoms with Gasteiger partial charge in [-0.05, 0) is 29.9 Å². The third kappa shape index (κ3) is 9.60. The molecular formula is C26H32N2O5. The Bertz CT molecular complexity index is 913. The van der Waals surface area contributed by atoms with Crippen LogP contribution in [0.25, 0.3) is 6.08 Å². The van der Waals surface area contributed by atoms with E-state index < -0.39 is 30.1 Å². The lowest BCUT2D eigenvalue weighted by Gasteiger charge is -2.22. The molecule has 0 spiro atoms. The molecule has 0 radical (unpaired) electrons. The van der Waals surface area contributed by atoms with Crippen molar-refractivity contribution in [2.45, 2.75) is 45.4 Å². The number of carbonyl (C=O) groups is 3. The fraction of sp³-hybridized carbons (Fsp3) is 0.346. The van der Waals surface area contributed by atoms with Gasteiger partial charge >= 0.3 is 12.1 Å². The van der Waals surface area contributed by atoms with Crippen LogP contribution in [0.4, 0.5) is 4.79 Å². The van der Waals surface area contributed by atoms with Gasteiger partial charge in [-0.3, -0.25) is 4.79 Å². The molecule has 0 aliphatic heterocycles. The number of alkyl carbamates (subject to hydrolysis) is 1. The maximum Gasteiger partial charge on any atom is 0.408 e. The molecule has 2 rings (SSSR count). The highest BCUT2D eigenvalue weighted by atomic mass is 16.5. The number of rotatable bonds is 11. The fourth-order valence-corrected chi connectivity index (χ4v) is 3.14. The van der Waals surface area contributed by atoms with Gasteiger partial charge in [-0.15, -0.1) is 0 Å². The topological polar surface area (TPSA) is 93.7 Å². The molecule has 0 aliphatic carbocycles. The summed E-state index contributed by atoms with van der Waals surface area (Å²) in [6, 6.07) is 17.2. The Balaban J connectivity index is 1.99. The number of esters is 1. The first-order valence-electron chi connectivity index (χ1n) is 11.0. The lowest BCUT2D eigenvalue weighted by molar-refractivity contribution is -0.145. The molecule has 2 aromatic rings. The standard InChI is InChI=1S/C26H32N2O5/c1-19(2)17-23(28-26(31)33-18-21-13-8-5-9-14-21)24(29)27-22(25(30)32-3)16-10-15-20-11-6-4-7-12-20/h4-15,19,22-23H,16-18H2,1-3H3,(H,27,29)(H,28,31)/b15-10+/t22-,23-/m0/s1. The minimum absolute atomic E-state index is 0.0950. The highest BCUT2D eigenvalue weighted by Gasteiger charge is 2.27. The molecule has 0 bridgehead atoms. The number of methoxy groups -OCH3 is 1. The maximum absolute atomic E-state index is 12.9. The van der Waals surface area contributed by atoms with Gasteiger partial charge in [-0.25, -0.2) is 9.59 Å². The van der Waals surface area contributed by atoms with Crippen LogP contribution in [-0.4, -0.2) is 37.2 Å². The van der Waals surface area contributed by atoms with E-state index in [9.17, 15) is 14.4 Å². The van der Waals surface area contributed by atoms with E-state index in [1.54, 1.807) is 6.08 Å². The number of nitrogens with one attached hydrogen (secondary N) is 2. The second-order valence-electron chi connectivity index (χ2n) is 8.02. The Hall–Kier alpha value is -3.61. The third-order valence-electron chi connectivity index (χ3n) is 4.81. The van der Waals surface area contributed by atoms with Crippen molar-refractivity contribution in [1.29, 1.82) is 0 Å². The van der Waals surface area contributed by atoms with Crippen LogP contribution in [0.1, 0.15) is 37.8 Å². The van der Waals surface area contributed by atoms with E-state index in [4.69, 9.17) is 9.47 Å². The molecule has 0 aromatic heterocycles. The largest absolute Gasteiger partial charge is 0.467 e. The Morgan fingerprint density at radius 1 is 0.909 bits per heavy atom. The van der Waals surface area contributed by atoms with Gasteiger partial charge in [0.25, 0.3) is 0 Å². The molecule has 2 N–H and O–H groups in total. The molecule has 0 saturated heterocycles. The number of ether oxygens (including phenoxy) is 2. The first-order valence-corrected chi connectivity index (χ1v) is 11.0. The molecule has 7 heteroatoms. The second kappa shape index (κ2) is 13.7. The zero-order valence-electron chi connectivity index (χ0n) is 19.3. The van der Waals surface area contributed by atoms with Crippen LogP contribution in [0.15, 0.2) is 66.7 Å². The van der Waals surface area contributed by atoms with Gasteiger partial charge in [0, 0.05) is 0 Å². The molecule has 0 saturated carbocycles. The smallest absolute Gasteiger partial charge is 0.408 e. The Morgan fingerprint density at radius 3 is 2.15 bits per heavy atom. The van der Waals surface area contributed by atoms with Crippen molar-refractivity contribution in [3.63, 3.8) is 0 Å². The van der Waals surface area contributed by atoms with Gasteiger partial charge in [0.05, 0.1) is 7.11 Å². The van der Waals surface area contributed by atoms with E-state index >= 15 is 0 Å². The van der Waals surface area contributed by atoms with E-state index in [-0.39, 0.29) is 18.9 Å². The van der Waals surface area contributed by atoms with Crippen LogP contribution in [-0.2, 0) is 25.7 Å². The fourth-order valence-electron chi connectivity index (χ4n) is 3.14. The van der Waals surface area contributed by atoms with Crippen molar-refractivity contribution in [3.8, 4) is 0 Å². The number of amides is 2. The van der Waals surface area contributed by atoms with Crippen molar-refractivity contribution in [3.05, 3.63) is 77.9 Å². The summed E-state index contributed by atoms with van der Waals surface area (Å²) in [4.78, 5) is 37.5. The normalized spacial score (nSPS) is 12.7. The van der Waals surface area contributed by atoms with Gasteiger partial charge < -0.3 is 20.1 Å². The highest BCUT2D eigenvalue weighted by Crippen LogP contribution is 2.09. The minimum atomic E-state index is -0.876. The average Bonchev–Trinajstić information content (AvgIpc) is 2.82. The van der Waals surface area contributed by atoms with Crippen LogP contribution < -0.4 is 10.6 Å². The number of benzene rings is 2. The summed E-state index contributed by atoms with van der Waals surface area (Å²) >= 11 is 0. The van der Waals surface area contributed by atoms with Crippen molar-refractivity contribution in [2.75, 3.05) is 7.11 Å². The molecule has 0 fully saturated rings. The van der Waals surface area contributed by atoms with Gasteiger partial charge in [-0.1, -0.05) is 86.7 Å². The molecule has 2 atom stereocenters. The summed E-state index contributed by atoms with van der Waals surface area (Å²) in [5, 5.41) is 5.32. The summed E-state index contributed by atoms with van der Waals surface area (Å²) < 4.78 is 10.1. The second-order valence-corrected chi connectivity index (χ2v) is 8.02. The molecule has 2 amide bonds. The Labute approximate surface area is 195 Å². The molecule has 2 aromatic carbocycles. The van der Waals surface area contributed by atoms with E-state index in [0.29, 0.717) is 6.42 Å². The summed E-state index contributed by atoms with van der Waals surface area (Å²) in [5.74, 6) is -0.899. The Kier molecular flexibility index (Phi) is 10.7. The molecule has 0 unspecified atom stereocenters. The lowest BCUT2D eigenvalue weighted by Crippen LogP contribution is -2.52. The zero-order valence-corrected chi connectivity index (χ0v) is 19.3. The van der Waals surface area contributed by atoms with Crippen molar-refractivity contribution >= 4 is 24.0 Å².